The van der Waals surface area contributed by atoms with E-state index in [1.165, 1.54) is 0 Å². The summed E-state index contributed by atoms with van der Waals surface area (Å²) in [5.74, 6) is 0.129. The molecule has 1 unspecified atom stereocenters. The van der Waals surface area contributed by atoms with Crippen LogP contribution in [0.4, 0.5) is 0 Å². The largest absolute Gasteiger partial charge is 0.316 e. The number of hydrogen-bond donors (Lipinski definition) is 1. The highest BCUT2D eigenvalue weighted by molar-refractivity contribution is 6.36. The van der Waals surface area contributed by atoms with Crippen molar-refractivity contribution in [3.8, 4) is 0 Å². The maximum Gasteiger partial charge on any atom is 0.168 e. The molecule has 1 aliphatic rings. The highest BCUT2D eigenvalue weighted by atomic mass is 35.5. The predicted octanol–water partition coefficient (Wildman–Crippen LogP) is 3.18. The monoisotopic (exact) mass is 257 g/mol. The molecule has 1 aromatic rings. The highest BCUT2D eigenvalue weighted by Crippen LogP contribution is 2.25. The topological polar surface area (TPSA) is 29.1 Å². The molecular formula is C12H13Cl2NO. The first-order valence-electron chi connectivity index (χ1n) is 5.38. The fourth-order valence-electron chi connectivity index (χ4n) is 1.98. The van der Waals surface area contributed by atoms with E-state index >= 15 is 0 Å². The SMILES string of the molecule is O=C(c1cc(Cl)ccc1Cl)C1CCCNC1. The molecule has 2 nitrogen and oxygen atoms in total. The molecule has 0 radical (unpaired) electrons. The van der Waals surface area contributed by atoms with Gasteiger partial charge in [0, 0.05) is 23.0 Å². The number of benzene rings is 1. The van der Waals surface area contributed by atoms with Crippen LogP contribution in [0.2, 0.25) is 10.0 Å². The molecule has 4 heteroatoms. The molecule has 16 heavy (non-hydrogen) atoms. The molecule has 1 heterocycles. The van der Waals surface area contributed by atoms with Crippen LogP contribution in [0.1, 0.15) is 23.2 Å². The Morgan fingerprint density at radius 1 is 1.38 bits per heavy atom. The zero-order chi connectivity index (χ0) is 11.5. The molecule has 86 valence electrons. The van der Waals surface area contributed by atoms with E-state index in [-0.39, 0.29) is 11.7 Å². The summed E-state index contributed by atoms with van der Waals surface area (Å²) >= 11 is 11.9. The number of halogens is 2. The number of piperidine rings is 1. The molecule has 2 rings (SSSR count). The van der Waals surface area contributed by atoms with Crippen molar-refractivity contribution in [2.45, 2.75) is 12.8 Å². The zero-order valence-corrected chi connectivity index (χ0v) is 10.3. The molecule has 1 N–H and O–H groups in total. The molecule has 1 saturated heterocycles. The fraction of sp³-hybridized carbons (Fsp3) is 0.417. The lowest BCUT2D eigenvalue weighted by Crippen LogP contribution is -2.34. The zero-order valence-electron chi connectivity index (χ0n) is 8.80. The first-order chi connectivity index (χ1) is 7.68. The normalized spacial score (nSPS) is 20.8. The van der Waals surface area contributed by atoms with E-state index in [2.05, 4.69) is 5.32 Å². The Kier molecular flexibility index (Phi) is 3.85. The van der Waals surface area contributed by atoms with Gasteiger partial charge in [0.15, 0.2) is 5.78 Å². The van der Waals surface area contributed by atoms with Crippen LogP contribution in [0, 0.1) is 5.92 Å². The number of carbonyl (C=O) groups is 1. The van der Waals surface area contributed by atoms with E-state index in [1.54, 1.807) is 18.2 Å². The van der Waals surface area contributed by atoms with Crippen molar-refractivity contribution >= 4 is 29.0 Å². The number of nitrogens with one attached hydrogen (secondary N) is 1. The van der Waals surface area contributed by atoms with Gasteiger partial charge in [0.1, 0.15) is 0 Å². The molecule has 0 aromatic heterocycles. The van der Waals surface area contributed by atoms with Crippen LogP contribution < -0.4 is 5.32 Å². The molecular weight excluding hydrogens is 245 g/mol. The molecule has 0 amide bonds. The number of carbonyl (C=O) groups excluding carboxylic acids is 1. The number of hydrogen-bond acceptors (Lipinski definition) is 2. The van der Waals surface area contributed by atoms with E-state index in [9.17, 15) is 4.79 Å². The number of Topliss-reactive ketones (excluding diaryl/α,β-unsaturated/α-hetero) is 1. The van der Waals surface area contributed by atoms with E-state index in [0.717, 1.165) is 25.9 Å². The van der Waals surface area contributed by atoms with Crippen molar-refractivity contribution in [3.05, 3.63) is 33.8 Å². The van der Waals surface area contributed by atoms with Crippen molar-refractivity contribution in [1.82, 2.24) is 5.32 Å². The second kappa shape index (κ2) is 5.17. The summed E-state index contributed by atoms with van der Waals surface area (Å²) in [5.41, 5.74) is 0.544. The van der Waals surface area contributed by atoms with Gasteiger partial charge in [-0.1, -0.05) is 23.2 Å². The van der Waals surface area contributed by atoms with Crippen LogP contribution in [-0.2, 0) is 0 Å². The average Bonchev–Trinajstić information content (AvgIpc) is 2.32. The Morgan fingerprint density at radius 2 is 2.19 bits per heavy atom. The van der Waals surface area contributed by atoms with Gasteiger partial charge in [0.25, 0.3) is 0 Å². The lowest BCUT2D eigenvalue weighted by Gasteiger charge is -2.21. The summed E-state index contributed by atoms with van der Waals surface area (Å²) in [5, 5.41) is 4.26. The predicted molar refractivity (Wildman–Crippen MR) is 66.4 cm³/mol. The molecule has 0 aliphatic carbocycles. The Morgan fingerprint density at radius 3 is 2.88 bits per heavy atom. The van der Waals surface area contributed by atoms with Gasteiger partial charge in [0.2, 0.25) is 0 Å². The number of ketones is 1. The van der Waals surface area contributed by atoms with Crippen LogP contribution in [0.25, 0.3) is 0 Å². The van der Waals surface area contributed by atoms with E-state index in [0.29, 0.717) is 15.6 Å². The van der Waals surface area contributed by atoms with Crippen molar-refractivity contribution < 1.29 is 4.79 Å². The van der Waals surface area contributed by atoms with Gasteiger partial charge in [-0.3, -0.25) is 4.79 Å². The van der Waals surface area contributed by atoms with E-state index < -0.39 is 0 Å². The maximum atomic E-state index is 12.2. The van der Waals surface area contributed by atoms with E-state index in [4.69, 9.17) is 23.2 Å². The highest BCUT2D eigenvalue weighted by Gasteiger charge is 2.23. The second-order valence-corrected chi connectivity index (χ2v) is 4.88. The Balaban J connectivity index is 2.22. The minimum absolute atomic E-state index is 0.0321. The lowest BCUT2D eigenvalue weighted by molar-refractivity contribution is 0.0900. The summed E-state index contributed by atoms with van der Waals surface area (Å²) < 4.78 is 0. The summed E-state index contributed by atoms with van der Waals surface area (Å²) in [6, 6.07) is 5.02. The second-order valence-electron chi connectivity index (χ2n) is 4.03. The standard InChI is InChI=1S/C12H13Cl2NO/c13-9-3-4-11(14)10(6-9)12(16)8-2-1-5-15-7-8/h3-4,6,8,15H,1-2,5,7H2. The number of rotatable bonds is 2. The van der Waals surface area contributed by atoms with Crippen molar-refractivity contribution in [2.75, 3.05) is 13.1 Å². The van der Waals surface area contributed by atoms with Gasteiger partial charge in [-0.25, -0.2) is 0 Å². The van der Waals surface area contributed by atoms with Crippen LogP contribution in [0.5, 0.6) is 0 Å². The van der Waals surface area contributed by atoms with Gasteiger partial charge >= 0.3 is 0 Å². The van der Waals surface area contributed by atoms with Crippen molar-refractivity contribution in [2.24, 2.45) is 5.92 Å². The minimum Gasteiger partial charge on any atom is -0.316 e. The third kappa shape index (κ3) is 2.57. The van der Waals surface area contributed by atoms with Gasteiger partial charge in [0.05, 0.1) is 5.02 Å². The summed E-state index contributed by atoms with van der Waals surface area (Å²) in [7, 11) is 0. The molecule has 1 atom stereocenters. The van der Waals surface area contributed by atoms with Gasteiger partial charge in [-0.05, 0) is 37.6 Å². The van der Waals surface area contributed by atoms with Gasteiger partial charge in [-0.2, -0.15) is 0 Å². The van der Waals surface area contributed by atoms with Gasteiger partial charge < -0.3 is 5.32 Å². The lowest BCUT2D eigenvalue weighted by atomic mass is 9.91. The molecule has 1 aliphatic heterocycles. The van der Waals surface area contributed by atoms with E-state index in [1.807, 2.05) is 0 Å². The fourth-order valence-corrected chi connectivity index (χ4v) is 2.36. The smallest absolute Gasteiger partial charge is 0.168 e. The Bertz CT molecular complexity index is 400. The third-order valence-corrected chi connectivity index (χ3v) is 3.43. The summed E-state index contributed by atoms with van der Waals surface area (Å²) in [6.45, 7) is 1.73. The molecule has 0 spiro atoms. The van der Waals surface area contributed by atoms with Crippen LogP contribution in [-0.4, -0.2) is 18.9 Å². The molecule has 0 saturated carbocycles. The average molecular weight is 258 g/mol. The van der Waals surface area contributed by atoms with Crippen LogP contribution in [0.3, 0.4) is 0 Å². The van der Waals surface area contributed by atoms with Crippen LogP contribution >= 0.6 is 23.2 Å². The minimum atomic E-state index is 0.0321. The summed E-state index contributed by atoms with van der Waals surface area (Å²) in [4.78, 5) is 12.2. The first-order valence-corrected chi connectivity index (χ1v) is 6.14. The van der Waals surface area contributed by atoms with Crippen molar-refractivity contribution in [1.29, 1.82) is 0 Å². The molecule has 1 aromatic carbocycles. The Labute approximate surface area is 105 Å². The third-order valence-electron chi connectivity index (χ3n) is 2.86. The first kappa shape index (κ1) is 11.9. The maximum absolute atomic E-state index is 12.2. The van der Waals surface area contributed by atoms with Gasteiger partial charge in [-0.15, -0.1) is 0 Å². The Hall–Kier alpha value is -0.570. The molecule has 1 fully saturated rings. The quantitative estimate of drug-likeness (QED) is 0.825. The molecule has 0 bridgehead atoms. The summed E-state index contributed by atoms with van der Waals surface area (Å²) in [6.07, 6.45) is 1.96. The van der Waals surface area contributed by atoms with Crippen LogP contribution in [0.15, 0.2) is 18.2 Å². The van der Waals surface area contributed by atoms with Crippen molar-refractivity contribution in [3.63, 3.8) is 0 Å².